The highest BCUT2D eigenvalue weighted by molar-refractivity contribution is 5.27. The molecule has 0 saturated carbocycles. The van der Waals surface area contributed by atoms with E-state index in [-0.39, 0.29) is 0 Å². The molecule has 4 N–H and O–H groups in total. The van der Waals surface area contributed by atoms with Gasteiger partial charge in [-0.05, 0) is 18.4 Å². The van der Waals surface area contributed by atoms with Crippen molar-refractivity contribution in [1.82, 2.24) is 0 Å². The van der Waals surface area contributed by atoms with Crippen LogP contribution in [0.5, 0.6) is 0 Å². The summed E-state index contributed by atoms with van der Waals surface area (Å²) < 4.78 is 0. The Kier molecular flexibility index (Phi) is 17.6. The van der Waals surface area contributed by atoms with E-state index in [2.05, 4.69) is 13.8 Å². The Morgan fingerprint density at radius 2 is 1.06 bits per heavy atom. The van der Waals surface area contributed by atoms with Crippen molar-refractivity contribution in [1.29, 1.82) is 0 Å². The molecule has 4 nitrogen and oxygen atoms in total. The molecule has 0 aliphatic rings. The minimum atomic E-state index is -1.49. The summed E-state index contributed by atoms with van der Waals surface area (Å²) in [4.78, 5) is 0. The zero-order valence-corrected chi connectivity index (χ0v) is 22.9. The molecule has 204 valence electrons. The summed E-state index contributed by atoms with van der Waals surface area (Å²) in [6.07, 6.45) is 18.4. The molecule has 1 rings (SSSR count). The van der Waals surface area contributed by atoms with Crippen molar-refractivity contribution in [2.24, 2.45) is 5.41 Å². The van der Waals surface area contributed by atoms with Crippen molar-refractivity contribution in [2.75, 3.05) is 13.2 Å². The van der Waals surface area contributed by atoms with Crippen LogP contribution in [0.2, 0.25) is 0 Å². The van der Waals surface area contributed by atoms with E-state index >= 15 is 0 Å². The molecular weight excluding hydrogens is 436 g/mol. The van der Waals surface area contributed by atoms with E-state index in [1.807, 2.05) is 30.3 Å². The molecule has 0 aromatic heterocycles. The largest absolute Gasteiger partial charge is 0.395 e. The fourth-order valence-corrected chi connectivity index (χ4v) is 5.46. The van der Waals surface area contributed by atoms with Crippen molar-refractivity contribution >= 4 is 0 Å². The highest BCUT2D eigenvalue weighted by Crippen LogP contribution is 2.47. The van der Waals surface area contributed by atoms with Gasteiger partial charge in [-0.15, -0.1) is 0 Å². The molecule has 1 aromatic carbocycles. The minimum absolute atomic E-state index is 0.418. The molecule has 0 amide bonds. The first-order chi connectivity index (χ1) is 17.0. The molecule has 35 heavy (non-hydrogen) atoms. The standard InChI is InChI=1S/C31H56O4/c1-3-5-7-9-11-13-15-20-24-29(34)30(26-32,27-33)31(35,28-22-18-17-19-23-28)25-21-16-14-12-10-8-6-4-2/h17-19,22-23,29,32-35H,3-16,20-21,24-27H2,1-2H3. The number of aliphatic hydroxyl groups is 4. The second-order valence-electron chi connectivity index (χ2n) is 10.7. The summed E-state index contributed by atoms with van der Waals surface area (Å²) in [5, 5.41) is 44.4. The van der Waals surface area contributed by atoms with Gasteiger partial charge in [-0.25, -0.2) is 0 Å². The quantitative estimate of drug-likeness (QED) is 0.121. The summed E-state index contributed by atoms with van der Waals surface area (Å²) in [5.41, 5.74) is -2.21. The van der Waals surface area contributed by atoms with Crippen LogP contribution < -0.4 is 0 Å². The van der Waals surface area contributed by atoms with Crippen molar-refractivity contribution < 1.29 is 20.4 Å². The van der Waals surface area contributed by atoms with Gasteiger partial charge in [-0.1, -0.05) is 147 Å². The molecule has 2 unspecified atom stereocenters. The monoisotopic (exact) mass is 492 g/mol. The molecule has 0 fully saturated rings. The molecule has 0 radical (unpaired) electrons. The molecule has 1 aromatic rings. The first-order valence-electron chi connectivity index (χ1n) is 14.7. The molecule has 0 heterocycles. The highest BCUT2D eigenvalue weighted by Gasteiger charge is 2.54. The third kappa shape index (κ3) is 10.5. The van der Waals surface area contributed by atoms with Gasteiger partial charge in [0.2, 0.25) is 0 Å². The van der Waals surface area contributed by atoms with Crippen LogP contribution in [0, 0.1) is 5.41 Å². The Labute approximate surface area is 216 Å². The van der Waals surface area contributed by atoms with E-state index in [1.165, 1.54) is 64.2 Å². The number of benzene rings is 1. The van der Waals surface area contributed by atoms with Crippen molar-refractivity contribution in [3.63, 3.8) is 0 Å². The van der Waals surface area contributed by atoms with Crippen molar-refractivity contribution in [3.8, 4) is 0 Å². The van der Waals surface area contributed by atoms with E-state index in [1.54, 1.807) is 0 Å². The van der Waals surface area contributed by atoms with Gasteiger partial charge in [0.15, 0.2) is 0 Å². The predicted octanol–water partition coefficient (Wildman–Crippen LogP) is 7.27. The lowest BCUT2D eigenvalue weighted by Gasteiger charge is -2.48. The molecule has 0 bridgehead atoms. The Morgan fingerprint density at radius 1 is 0.629 bits per heavy atom. The third-order valence-electron chi connectivity index (χ3n) is 8.00. The van der Waals surface area contributed by atoms with Gasteiger partial charge in [0.05, 0.1) is 24.7 Å². The maximum absolute atomic E-state index is 12.1. The number of unbranched alkanes of at least 4 members (excludes halogenated alkanes) is 14. The average molecular weight is 493 g/mol. The number of rotatable bonds is 23. The van der Waals surface area contributed by atoms with Gasteiger partial charge in [0.1, 0.15) is 5.60 Å². The van der Waals surface area contributed by atoms with Crippen LogP contribution in [0.4, 0.5) is 0 Å². The molecule has 2 atom stereocenters. The van der Waals surface area contributed by atoms with Gasteiger partial charge in [-0.3, -0.25) is 0 Å². The lowest BCUT2D eigenvalue weighted by atomic mass is 9.62. The fourth-order valence-electron chi connectivity index (χ4n) is 5.46. The zero-order valence-electron chi connectivity index (χ0n) is 22.9. The van der Waals surface area contributed by atoms with E-state index in [0.717, 1.165) is 38.5 Å². The number of hydrogen-bond donors (Lipinski definition) is 4. The van der Waals surface area contributed by atoms with Crippen LogP contribution in [0.3, 0.4) is 0 Å². The lowest BCUT2D eigenvalue weighted by molar-refractivity contribution is -0.196. The van der Waals surface area contributed by atoms with Crippen LogP contribution >= 0.6 is 0 Å². The number of hydrogen-bond acceptors (Lipinski definition) is 4. The summed E-state index contributed by atoms with van der Waals surface area (Å²) in [6.45, 7) is 3.54. The zero-order chi connectivity index (χ0) is 25.8. The minimum Gasteiger partial charge on any atom is -0.395 e. The predicted molar refractivity (Wildman–Crippen MR) is 147 cm³/mol. The second-order valence-corrected chi connectivity index (χ2v) is 10.7. The smallest absolute Gasteiger partial charge is 0.102 e. The average Bonchev–Trinajstić information content (AvgIpc) is 2.88. The molecule has 0 saturated heterocycles. The molecule has 4 heteroatoms. The Bertz CT molecular complexity index is 601. The van der Waals surface area contributed by atoms with Crippen LogP contribution in [0.25, 0.3) is 0 Å². The van der Waals surface area contributed by atoms with E-state index in [0.29, 0.717) is 18.4 Å². The van der Waals surface area contributed by atoms with Crippen LogP contribution in [-0.4, -0.2) is 39.7 Å². The van der Waals surface area contributed by atoms with Gasteiger partial charge in [0.25, 0.3) is 0 Å². The molecule has 0 aliphatic carbocycles. The van der Waals surface area contributed by atoms with Crippen LogP contribution in [0.1, 0.15) is 135 Å². The fraction of sp³-hybridized carbons (Fsp3) is 0.806. The van der Waals surface area contributed by atoms with E-state index in [9.17, 15) is 20.4 Å². The van der Waals surface area contributed by atoms with E-state index < -0.39 is 30.3 Å². The van der Waals surface area contributed by atoms with Gasteiger partial charge in [-0.2, -0.15) is 0 Å². The van der Waals surface area contributed by atoms with Crippen molar-refractivity contribution in [3.05, 3.63) is 35.9 Å². The summed E-state index contributed by atoms with van der Waals surface area (Å²) >= 11 is 0. The number of aliphatic hydroxyl groups excluding tert-OH is 3. The Balaban J connectivity index is 2.78. The summed E-state index contributed by atoms with van der Waals surface area (Å²) in [6, 6.07) is 9.36. The highest BCUT2D eigenvalue weighted by atomic mass is 16.3. The maximum Gasteiger partial charge on any atom is 0.102 e. The Morgan fingerprint density at radius 3 is 1.51 bits per heavy atom. The van der Waals surface area contributed by atoms with Crippen LogP contribution in [0.15, 0.2) is 30.3 Å². The normalized spacial score (nSPS) is 14.7. The van der Waals surface area contributed by atoms with E-state index in [4.69, 9.17) is 0 Å². The van der Waals surface area contributed by atoms with Crippen molar-refractivity contribution in [2.45, 2.75) is 141 Å². The summed E-state index contributed by atoms with van der Waals surface area (Å²) in [5.74, 6) is 0. The first kappa shape index (κ1) is 32.1. The summed E-state index contributed by atoms with van der Waals surface area (Å²) in [7, 11) is 0. The Hall–Kier alpha value is -0.940. The molecular formula is C31H56O4. The topological polar surface area (TPSA) is 80.9 Å². The lowest BCUT2D eigenvalue weighted by Crippen LogP contribution is -2.58. The molecule has 0 aliphatic heterocycles. The van der Waals surface area contributed by atoms with Gasteiger partial charge >= 0.3 is 0 Å². The molecule has 0 spiro atoms. The SMILES string of the molecule is CCCCCCCCCCC(O)C(CO)(CO)C(O)(CCCCCCCCCC)c1ccccc1. The first-order valence-corrected chi connectivity index (χ1v) is 14.7. The third-order valence-corrected chi connectivity index (χ3v) is 8.00. The van der Waals surface area contributed by atoms with Gasteiger partial charge < -0.3 is 20.4 Å². The second kappa shape index (κ2) is 19.2. The van der Waals surface area contributed by atoms with Crippen LogP contribution in [-0.2, 0) is 5.60 Å². The van der Waals surface area contributed by atoms with Gasteiger partial charge in [0, 0.05) is 0 Å². The maximum atomic E-state index is 12.1.